The molecule has 0 amide bonds. The van der Waals surface area contributed by atoms with Gasteiger partial charge in [0.1, 0.15) is 12.4 Å². The quantitative estimate of drug-likeness (QED) is 0.215. The third-order valence-electron chi connectivity index (χ3n) is 3.89. The zero-order valence-electron chi connectivity index (χ0n) is 13.3. The molecule has 0 aliphatic heterocycles. The lowest BCUT2D eigenvalue weighted by molar-refractivity contribution is -0.535. The highest BCUT2D eigenvalue weighted by atomic mass is 16.6. The average Bonchev–Trinajstić information content (AvgIpc) is 2.46. The minimum atomic E-state index is -0.818. The van der Waals surface area contributed by atoms with Crippen LogP contribution in [0.4, 0.5) is 0 Å². The van der Waals surface area contributed by atoms with Crippen LogP contribution in [0.5, 0.6) is 0 Å². The first-order chi connectivity index (χ1) is 10.1. The molecule has 2 unspecified atom stereocenters. The maximum absolute atomic E-state index is 11.0. The van der Waals surface area contributed by atoms with E-state index >= 15 is 0 Å². The zero-order valence-corrected chi connectivity index (χ0v) is 13.3. The van der Waals surface area contributed by atoms with E-state index in [-0.39, 0.29) is 4.92 Å². The fourth-order valence-corrected chi connectivity index (χ4v) is 2.52. The molecule has 0 aromatic carbocycles. The number of aldehydes is 1. The Balaban J connectivity index is 3.80. The summed E-state index contributed by atoms with van der Waals surface area (Å²) >= 11 is 0. The van der Waals surface area contributed by atoms with E-state index in [0.29, 0.717) is 19.3 Å². The molecule has 0 aliphatic rings. The fraction of sp³-hybridized carbons (Fsp3) is 0.938. The Morgan fingerprint density at radius 2 is 1.57 bits per heavy atom. The summed E-state index contributed by atoms with van der Waals surface area (Å²) in [6.45, 7) is 2.12. The maximum Gasteiger partial charge on any atom is 0.238 e. The highest BCUT2D eigenvalue weighted by molar-refractivity contribution is 5.48. The predicted molar refractivity (Wildman–Crippen MR) is 83.9 cm³/mol. The molecule has 0 bridgehead atoms. The number of aliphatic hydroxyl groups is 1. The molecular formula is C16H31NO4. The van der Waals surface area contributed by atoms with Gasteiger partial charge in [-0.1, -0.05) is 51.9 Å². The van der Waals surface area contributed by atoms with Crippen molar-refractivity contribution in [1.29, 1.82) is 0 Å². The molecule has 0 spiro atoms. The molecule has 0 rings (SSSR count). The molecule has 2 atom stereocenters. The zero-order chi connectivity index (χ0) is 15.9. The van der Waals surface area contributed by atoms with Gasteiger partial charge >= 0.3 is 0 Å². The number of aliphatic hydroxyl groups excluding tert-OH is 1. The molecule has 0 heterocycles. The van der Waals surface area contributed by atoms with Crippen LogP contribution in [-0.2, 0) is 4.79 Å². The van der Waals surface area contributed by atoms with Gasteiger partial charge in [-0.15, -0.1) is 0 Å². The lowest BCUT2D eigenvalue weighted by atomic mass is 9.98. The van der Waals surface area contributed by atoms with Crippen LogP contribution in [0, 0.1) is 10.1 Å². The first-order valence-corrected chi connectivity index (χ1v) is 8.38. The maximum atomic E-state index is 11.0. The standard InChI is InChI=1S/C16H31NO4/c1-2-3-4-10-13-16(19)15(17(20)21)12-9-7-5-6-8-11-14-18/h14-16,19H,2-13H2,1H3. The number of hydrogen-bond donors (Lipinski definition) is 1. The van der Waals surface area contributed by atoms with Crippen molar-refractivity contribution in [2.45, 2.75) is 96.1 Å². The van der Waals surface area contributed by atoms with Gasteiger partial charge in [0.05, 0.1) is 0 Å². The van der Waals surface area contributed by atoms with Gasteiger partial charge in [-0.3, -0.25) is 10.1 Å². The summed E-state index contributed by atoms with van der Waals surface area (Å²) in [5.41, 5.74) is 0. The molecular weight excluding hydrogens is 270 g/mol. The minimum absolute atomic E-state index is 0.323. The summed E-state index contributed by atoms with van der Waals surface area (Å²) in [5, 5.41) is 21.0. The Kier molecular flexibility index (Phi) is 13.3. The van der Waals surface area contributed by atoms with Gasteiger partial charge < -0.3 is 9.90 Å². The van der Waals surface area contributed by atoms with E-state index in [0.717, 1.165) is 64.1 Å². The summed E-state index contributed by atoms with van der Waals surface area (Å²) in [5.74, 6) is 0. The predicted octanol–water partition coefficient (Wildman–Crippen LogP) is 3.89. The van der Waals surface area contributed by atoms with E-state index in [9.17, 15) is 20.0 Å². The summed E-state index contributed by atoms with van der Waals surface area (Å²) in [6.07, 6.45) is 10.5. The Morgan fingerprint density at radius 1 is 1.00 bits per heavy atom. The SMILES string of the molecule is CCCCCCC(O)C(CCCCCCCC=O)[N+](=O)[O-]. The number of nitro groups is 1. The van der Waals surface area contributed by atoms with Crippen LogP contribution < -0.4 is 0 Å². The second-order valence-electron chi connectivity index (χ2n) is 5.78. The molecule has 0 saturated carbocycles. The van der Waals surface area contributed by atoms with Crippen LogP contribution >= 0.6 is 0 Å². The minimum Gasteiger partial charge on any atom is -0.386 e. The topological polar surface area (TPSA) is 80.4 Å². The third kappa shape index (κ3) is 11.4. The van der Waals surface area contributed by atoms with E-state index in [1.54, 1.807) is 0 Å². The summed E-state index contributed by atoms with van der Waals surface area (Å²) in [6, 6.07) is -0.818. The normalized spacial score (nSPS) is 13.8. The smallest absolute Gasteiger partial charge is 0.238 e. The van der Waals surface area contributed by atoms with Crippen LogP contribution in [-0.4, -0.2) is 28.5 Å². The highest BCUT2D eigenvalue weighted by Gasteiger charge is 2.28. The molecule has 0 radical (unpaired) electrons. The lowest BCUT2D eigenvalue weighted by Gasteiger charge is -2.16. The van der Waals surface area contributed by atoms with E-state index in [1.165, 1.54) is 0 Å². The summed E-state index contributed by atoms with van der Waals surface area (Å²) < 4.78 is 0. The molecule has 124 valence electrons. The van der Waals surface area contributed by atoms with Crippen LogP contribution in [0.25, 0.3) is 0 Å². The molecule has 21 heavy (non-hydrogen) atoms. The molecule has 0 aromatic heterocycles. The van der Waals surface area contributed by atoms with Crippen LogP contribution in [0.2, 0.25) is 0 Å². The number of unbranched alkanes of at least 4 members (excludes halogenated alkanes) is 8. The Hall–Kier alpha value is -0.970. The van der Waals surface area contributed by atoms with Crippen molar-refractivity contribution in [2.75, 3.05) is 0 Å². The van der Waals surface area contributed by atoms with Crippen molar-refractivity contribution >= 4 is 6.29 Å². The molecule has 0 saturated heterocycles. The monoisotopic (exact) mass is 301 g/mol. The largest absolute Gasteiger partial charge is 0.386 e. The van der Waals surface area contributed by atoms with E-state index < -0.39 is 12.1 Å². The van der Waals surface area contributed by atoms with Gasteiger partial charge in [-0.25, -0.2) is 0 Å². The van der Waals surface area contributed by atoms with Crippen LogP contribution in [0.3, 0.4) is 0 Å². The van der Waals surface area contributed by atoms with Crippen LogP contribution in [0.1, 0.15) is 84.0 Å². The number of nitrogens with zero attached hydrogens (tertiary/aromatic N) is 1. The molecule has 1 N–H and O–H groups in total. The lowest BCUT2D eigenvalue weighted by Crippen LogP contribution is -2.33. The second kappa shape index (κ2) is 14.0. The molecule has 0 aliphatic carbocycles. The Morgan fingerprint density at radius 3 is 2.19 bits per heavy atom. The molecule has 0 aromatic rings. The fourth-order valence-electron chi connectivity index (χ4n) is 2.52. The van der Waals surface area contributed by atoms with Crippen molar-refractivity contribution in [3.05, 3.63) is 10.1 Å². The number of hydrogen-bond acceptors (Lipinski definition) is 4. The highest BCUT2D eigenvalue weighted by Crippen LogP contribution is 2.16. The van der Waals surface area contributed by atoms with Gasteiger partial charge in [0, 0.05) is 17.8 Å². The number of rotatable bonds is 15. The number of carbonyl (C=O) groups excluding carboxylic acids is 1. The van der Waals surface area contributed by atoms with Crippen molar-refractivity contribution in [3.8, 4) is 0 Å². The third-order valence-corrected chi connectivity index (χ3v) is 3.89. The van der Waals surface area contributed by atoms with Gasteiger partial charge in [0.15, 0.2) is 0 Å². The summed E-state index contributed by atoms with van der Waals surface area (Å²) in [7, 11) is 0. The van der Waals surface area contributed by atoms with Crippen molar-refractivity contribution in [3.63, 3.8) is 0 Å². The second-order valence-corrected chi connectivity index (χ2v) is 5.78. The first-order valence-electron chi connectivity index (χ1n) is 8.38. The molecule has 5 heteroatoms. The van der Waals surface area contributed by atoms with E-state index in [2.05, 4.69) is 6.92 Å². The number of carbonyl (C=O) groups is 1. The first kappa shape index (κ1) is 20.0. The van der Waals surface area contributed by atoms with Gasteiger partial charge in [-0.2, -0.15) is 0 Å². The molecule has 0 fully saturated rings. The van der Waals surface area contributed by atoms with Gasteiger partial charge in [0.2, 0.25) is 6.04 Å². The van der Waals surface area contributed by atoms with Gasteiger partial charge in [-0.05, 0) is 19.3 Å². The average molecular weight is 301 g/mol. The van der Waals surface area contributed by atoms with E-state index in [4.69, 9.17) is 0 Å². The van der Waals surface area contributed by atoms with E-state index in [1.807, 2.05) is 0 Å². The Bertz CT molecular complexity index is 271. The van der Waals surface area contributed by atoms with Crippen molar-refractivity contribution < 1.29 is 14.8 Å². The molecule has 5 nitrogen and oxygen atoms in total. The van der Waals surface area contributed by atoms with Crippen LogP contribution in [0.15, 0.2) is 0 Å². The Labute approximate surface area is 128 Å². The summed E-state index contributed by atoms with van der Waals surface area (Å²) in [4.78, 5) is 20.9. The van der Waals surface area contributed by atoms with Crippen molar-refractivity contribution in [2.24, 2.45) is 0 Å². The van der Waals surface area contributed by atoms with Gasteiger partial charge in [0.25, 0.3) is 0 Å². The van der Waals surface area contributed by atoms with Crippen molar-refractivity contribution in [1.82, 2.24) is 0 Å².